The number of carbonyl (C=O) groups is 1. The Morgan fingerprint density at radius 3 is 2.52 bits per heavy atom. The van der Waals surface area contributed by atoms with Gasteiger partial charge < -0.3 is 16.4 Å². The van der Waals surface area contributed by atoms with Crippen LogP contribution >= 0.6 is 11.3 Å². The number of nitrogens with two attached hydrogens (primary N) is 1. The van der Waals surface area contributed by atoms with Gasteiger partial charge in [0, 0.05) is 12.8 Å². The molecule has 0 fully saturated rings. The molecule has 4 N–H and O–H groups in total. The summed E-state index contributed by atoms with van der Waals surface area (Å²) in [5.41, 5.74) is 5.50. The molecule has 0 atom stereocenters. The van der Waals surface area contributed by atoms with E-state index in [2.05, 4.69) is 10.6 Å². The number of halogens is 2. The van der Waals surface area contributed by atoms with E-state index in [0.717, 1.165) is 17.6 Å². The van der Waals surface area contributed by atoms with Crippen molar-refractivity contribution in [2.45, 2.75) is 24.7 Å². The molecule has 1 rings (SSSR count). The van der Waals surface area contributed by atoms with Gasteiger partial charge in [-0.05, 0) is 6.42 Å². The summed E-state index contributed by atoms with van der Waals surface area (Å²) in [5, 5.41) is 4.84. The van der Waals surface area contributed by atoms with E-state index >= 15 is 0 Å². The van der Waals surface area contributed by atoms with Crippen molar-refractivity contribution in [3.05, 3.63) is 4.88 Å². The summed E-state index contributed by atoms with van der Waals surface area (Å²) in [6, 6.07) is 0. The summed E-state index contributed by atoms with van der Waals surface area (Å²) in [4.78, 5) is 11.6. The number of hydrogen-bond donors (Lipinski definition) is 3. The van der Waals surface area contributed by atoms with Crippen LogP contribution in [0, 0.1) is 0 Å². The summed E-state index contributed by atoms with van der Waals surface area (Å²) in [6.45, 7) is 1.54. The molecule has 6 nitrogen and oxygen atoms in total. The van der Waals surface area contributed by atoms with Crippen LogP contribution < -0.4 is 16.4 Å². The van der Waals surface area contributed by atoms with Crippen molar-refractivity contribution in [2.24, 2.45) is 0 Å². The maximum absolute atomic E-state index is 12.3. The second-order valence-electron chi connectivity index (χ2n) is 4.30. The maximum atomic E-state index is 12.3. The van der Waals surface area contributed by atoms with Gasteiger partial charge in [-0.15, -0.1) is 11.3 Å². The molecule has 120 valence electrons. The number of rotatable bonds is 7. The Morgan fingerprint density at radius 1 is 1.43 bits per heavy atom. The fourth-order valence-corrected chi connectivity index (χ4v) is 4.06. The zero-order valence-electron chi connectivity index (χ0n) is 11.6. The number of nitrogens with one attached hydrogen (secondary N) is 2. The molecular formula is C11H17F2N3O3S2. The molecule has 0 aliphatic rings. The second kappa shape index (κ2) is 7.03. The third-order valence-corrected chi connectivity index (χ3v) is 4.89. The van der Waals surface area contributed by atoms with Crippen LogP contribution in [0.2, 0.25) is 0 Å². The highest BCUT2D eigenvalue weighted by Crippen LogP contribution is 2.39. The zero-order valence-corrected chi connectivity index (χ0v) is 13.2. The lowest BCUT2D eigenvalue weighted by Gasteiger charge is -2.05. The number of thiophene rings is 1. The van der Waals surface area contributed by atoms with E-state index < -0.39 is 28.7 Å². The Morgan fingerprint density at radius 2 is 2.05 bits per heavy atom. The number of amides is 1. The van der Waals surface area contributed by atoms with E-state index in [0.29, 0.717) is 13.0 Å². The van der Waals surface area contributed by atoms with Gasteiger partial charge in [0.25, 0.3) is 12.3 Å². The molecule has 1 aromatic rings. The van der Waals surface area contributed by atoms with Crippen LogP contribution in [0.15, 0.2) is 4.90 Å². The van der Waals surface area contributed by atoms with Crippen molar-refractivity contribution >= 4 is 37.8 Å². The molecule has 21 heavy (non-hydrogen) atoms. The van der Waals surface area contributed by atoms with Crippen molar-refractivity contribution in [2.75, 3.05) is 30.4 Å². The van der Waals surface area contributed by atoms with E-state index in [4.69, 9.17) is 5.73 Å². The molecule has 1 amide bonds. The molecule has 0 unspecified atom stereocenters. The lowest BCUT2D eigenvalue weighted by molar-refractivity contribution is 0.0958. The van der Waals surface area contributed by atoms with Crippen LogP contribution in [-0.4, -0.2) is 40.1 Å². The lowest BCUT2D eigenvalue weighted by Crippen LogP contribution is -2.24. The van der Waals surface area contributed by atoms with E-state index in [9.17, 15) is 22.0 Å². The minimum atomic E-state index is -3.75. The molecular weight excluding hydrogens is 324 g/mol. The summed E-state index contributed by atoms with van der Waals surface area (Å²) in [7, 11) is -3.75. The molecule has 0 aromatic carbocycles. The van der Waals surface area contributed by atoms with Crippen LogP contribution in [0.25, 0.3) is 0 Å². The fraction of sp³-hybridized carbons (Fsp3) is 0.545. The first-order chi connectivity index (χ1) is 9.68. The molecule has 0 spiro atoms. The molecule has 10 heteroatoms. The molecule has 0 saturated heterocycles. The van der Waals surface area contributed by atoms with E-state index in [1.165, 1.54) is 0 Å². The number of anilines is 2. The average molecular weight is 341 g/mol. The molecule has 0 aliphatic heterocycles. The first-order valence-electron chi connectivity index (χ1n) is 6.11. The number of carbonyl (C=O) groups excluding carboxylic acids is 1. The van der Waals surface area contributed by atoms with Gasteiger partial charge in [-0.25, -0.2) is 17.2 Å². The van der Waals surface area contributed by atoms with E-state index in [-0.39, 0.29) is 20.5 Å². The van der Waals surface area contributed by atoms with Gasteiger partial charge in [0.05, 0.1) is 12.2 Å². The molecule has 0 bridgehead atoms. The molecule has 0 aliphatic carbocycles. The average Bonchev–Trinajstić information content (AvgIpc) is 2.70. The lowest BCUT2D eigenvalue weighted by atomic mass is 10.3. The third kappa shape index (κ3) is 4.53. The highest BCUT2D eigenvalue weighted by Gasteiger charge is 2.27. The highest BCUT2D eigenvalue weighted by molar-refractivity contribution is 7.91. The van der Waals surface area contributed by atoms with Gasteiger partial charge in [-0.1, -0.05) is 6.92 Å². The van der Waals surface area contributed by atoms with Gasteiger partial charge in [-0.3, -0.25) is 4.79 Å². The minimum absolute atomic E-state index is 0.000594. The Bertz CT molecular complexity index is 614. The van der Waals surface area contributed by atoms with Gasteiger partial charge in [0.15, 0.2) is 9.84 Å². The van der Waals surface area contributed by atoms with Crippen molar-refractivity contribution < 1.29 is 22.0 Å². The van der Waals surface area contributed by atoms with Gasteiger partial charge in [0.1, 0.15) is 14.8 Å². The second-order valence-corrected chi connectivity index (χ2v) is 7.28. The van der Waals surface area contributed by atoms with Gasteiger partial charge >= 0.3 is 0 Å². The first-order valence-corrected chi connectivity index (χ1v) is 8.81. The minimum Gasteiger partial charge on any atom is -0.396 e. The summed E-state index contributed by atoms with van der Waals surface area (Å²) < 4.78 is 48.0. The standard InChI is InChI=1S/C11H17F2N3O3S2/c1-3-4-15-10(17)8-7(14)9(21(2,18)19)11(20-8)16-5-6(12)13/h6,16H,3-5,14H2,1-2H3,(H,15,17). The molecule has 0 radical (unpaired) electrons. The van der Waals surface area contributed by atoms with E-state index in [1.54, 1.807) is 0 Å². The van der Waals surface area contributed by atoms with Crippen LogP contribution in [0.5, 0.6) is 0 Å². The van der Waals surface area contributed by atoms with Gasteiger partial charge in [0.2, 0.25) is 0 Å². The van der Waals surface area contributed by atoms with Crippen LogP contribution in [-0.2, 0) is 9.84 Å². The molecule has 1 aromatic heterocycles. The van der Waals surface area contributed by atoms with Crippen molar-refractivity contribution in [3.8, 4) is 0 Å². The third-order valence-electron chi connectivity index (χ3n) is 2.43. The summed E-state index contributed by atoms with van der Waals surface area (Å²) in [6.07, 6.45) is -1.04. The maximum Gasteiger partial charge on any atom is 0.263 e. The van der Waals surface area contributed by atoms with Crippen LogP contribution in [0.1, 0.15) is 23.0 Å². The van der Waals surface area contributed by atoms with Crippen LogP contribution in [0.3, 0.4) is 0 Å². The smallest absolute Gasteiger partial charge is 0.263 e. The van der Waals surface area contributed by atoms with Crippen LogP contribution in [0.4, 0.5) is 19.5 Å². The largest absolute Gasteiger partial charge is 0.396 e. The number of sulfone groups is 1. The monoisotopic (exact) mass is 341 g/mol. The predicted molar refractivity (Wildman–Crippen MR) is 79.0 cm³/mol. The Balaban J connectivity index is 3.21. The summed E-state index contributed by atoms with van der Waals surface area (Å²) >= 11 is 0.753. The van der Waals surface area contributed by atoms with E-state index in [1.807, 2.05) is 6.92 Å². The highest BCUT2D eigenvalue weighted by atomic mass is 32.2. The van der Waals surface area contributed by atoms with Crippen molar-refractivity contribution in [1.29, 1.82) is 0 Å². The molecule has 1 heterocycles. The predicted octanol–water partition coefficient (Wildman–Crippen LogP) is 1.55. The Labute approximate surface area is 125 Å². The fourth-order valence-electron chi connectivity index (χ4n) is 1.57. The topological polar surface area (TPSA) is 101 Å². The Kier molecular flexibility index (Phi) is 5.90. The Hall–Kier alpha value is -1.42. The number of alkyl halides is 2. The molecule has 0 saturated carbocycles. The van der Waals surface area contributed by atoms with Gasteiger partial charge in [-0.2, -0.15) is 0 Å². The van der Waals surface area contributed by atoms with Crippen molar-refractivity contribution in [1.82, 2.24) is 5.32 Å². The van der Waals surface area contributed by atoms with Crippen molar-refractivity contribution in [3.63, 3.8) is 0 Å². The summed E-state index contributed by atoms with van der Waals surface area (Å²) in [5.74, 6) is -0.519. The first kappa shape index (κ1) is 17.6. The quantitative estimate of drug-likeness (QED) is 0.698. The zero-order chi connectivity index (χ0) is 16.2. The number of hydrogen-bond acceptors (Lipinski definition) is 6. The normalized spacial score (nSPS) is 11.7. The number of nitrogen functional groups attached to an aromatic ring is 1. The SMILES string of the molecule is CCCNC(=O)c1sc(NCC(F)F)c(S(C)(=O)=O)c1N.